The molecule has 0 fully saturated rings. The molecular weight excluding hydrogens is 613 g/mol. The number of pyridine rings is 2. The van der Waals surface area contributed by atoms with E-state index in [1.165, 1.54) is 0 Å². The molecule has 0 N–H and O–H groups in total. The van der Waals surface area contributed by atoms with Gasteiger partial charge in [-0.1, -0.05) is 146 Å². The molecule has 0 aliphatic carbocycles. The summed E-state index contributed by atoms with van der Waals surface area (Å²) in [5, 5.41) is 2.47. The molecule has 4 heteroatoms. The van der Waals surface area contributed by atoms with Crippen LogP contribution in [-0.4, -0.2) is 9.13 Å². The fourth-order valence-electron chi connectivity index (χ4n) is 7.52. The minimum atomic E-state index is -0.0471. The second-order valence-electron chi connectivity index (χ2n) is 12.8. The fraction of sp³-hybridized carbons (Fsp3) is 0.0435. The summed E-state index contributed by atoms with van der Waals surface area (Å²) in [6.07, 6.45) is 0. The lowest BCUT2D eigenvalue weighted by Crippen LogP contribution is -2.17. The summed E-state index contributed by atoms with van der Waals surface area (Å²) in [6.45, 7) is 1.07. The molecule has 0 bridgehead atoms. The molecule has 50 heavy (non-hydrogen) atoms. The largest absolute Gasteiger partial charge is 0.335 e. The molecule has 4 nitrogen and oxygen atoms in total. The topological polar surface area (TPSA) is 44.0 Å². The maximum Gasteiger partial charge on any atom is 0.197 e. The minimum Gasteiger partial charge on any atom is -0.335 e. The molecule has 0 spiro atoms. The van der Waals surface area contributed by atoms with Crippen LogP contribution in [0, 0.1) is 0 Å². The highest BCUT2D eigenvalue weighted by atomic mass is 16.1. The minimum absolute atomic E-state index is 0.0471. The summed E-state index contributed by atoms with van der Waals surface area (Å²) in [4.78, 5) is 29.5. The molecule has 0 saturated heterocycles. The highest BCUT2D eigenvalue weighted by Crippen LogP contribution is 2.35. The van der Waals surface area contributed by atoms with Gasteiger partial charge in [-0.15, -0.1) is 0 Å². The number of hydrogen-bond donors (Lipinski definition) is 0. The molecular formula is C46H32N2O2. The summed E-state index contributed by atoms with van der Waals surface area (Å²) < 4.78 is 4.46. The molecule has 238 valence electrons. The van der Waals surface area contributed by atoms with Crippen molar-refractivity contribution >= 4 is 43.6 Å². The monoisotopic (exact) mass is 644 g/mol. The van der Waals surface area contributed by atoms with Crippen LogP contribution in [0.25, 0.3) is 65.9 Å². The van der Waals surface area contributed by atoms with E-state index < -0.39 is 0 Å². The first-order chi connectivity index (χ1) is 24.7. The van der Waals surface area contributed by atoms with Gasteiger partial charge in [-0.2, -0.15) is 0 Å². The van der Waals surface area contributed by atoms with Gasteiger partial charge in [-0.05, 0) is 46.5 Å². The summed E-state index contributed by atoms with van der Waals surface area (Å²) in [7, 11) is 0. The Labute approximate surface area is 288 Å². The fourth-order valence-corrected chi connectivity index (χ4v) is 7.52. The lowest BCUT2D eigenvalue weighted by molar-refractivity contribution is 0.857. The van der Waals surface area contributed by atoms with Crippen LogP contribution in [0.3, 0.4) is 0 Å². The van der Waals surface area contributed by atoms with Crippen LogP contribution in [0.2, 0.25) is 0 Å². The van der Waals surface area contributed by atoms with Gasteiger partial charge in [0.25, 0.3) is 0 Å². The smallest absolute Gasteiger partial charge is 0.197 e. The van der Waals surface area contributed by atoms with Crippen molar-refractivity contribution in [2.75, 3.05) is 0 Å². The van der Waals surface area contributed by atoms with E-state index in [0.717, 1.165) is 55.4 Å². The quantitative estimate of drug-likeness (QED) is 0.169. The highest BCUT2D eigenvalue weighted by molar-refractivity contribution is 6.08. The molecule has 7 aromatic carbocycles. The van der Waals surface area contributed by atoms with Crippen molar-refractivity contribution in [3.8, 4) is 22.3 Å². The van der Waals surface area contributed by atoms with Crippen LogP contribution in [0.15, 0.2) is 179 Å². The van der Waals surface area contributed by atoms with Crippen molar-refractivity contribution in [2.45, 2.75) is 13.1 Å². The van der Waals surface area contributed by atoms with Crippen molar-refractivity contribution in [1.29, 1.82) is 0 Å². The SMILES string of the molecule is O=c1c2cc3c(cc2n(Cc2ccccc2)c2c(-c4ccccc4)cccc12)c(=O)c1cccc(-c2ccccc2)c1n3Cc1ccccc1. The standard InChI is InChI=1S/C46H32N2O2/c49-45-37-25-13-23-35(33-19-9-3-10-20-33)43(37)47(29-31-15-5-1-6-16-31)41-27-40-42(28-39(41)45)48(30-32-17-7-2-8-18-32)44-36(34-21-11-4-12-22-34)24-14-26-38(44)46(40)50/h1-28H,29-30H2. The van der Waals surface area contributed by atoms with E-state index in [1.54, 1.807) is 0 Å². The lowest BCUT2D eigenvalue weighted by Gasteiger charge is -2.21. The molecule has 0 saturated carbocycles. The Bertz CT molecular complexity index is 2620. The second-order valence-corrected chi connectivity index (χ2v) is 12.8. The lowest BCUT2D eigenvalue weighted by atomic mass is 9.97. The number of nitrogens with zero attached hydrogens (tertiary/aromatic N) is 2. The third-order valence-corrected chi connectivity index (χ3v) is 9.82. The van der Waals surface area contributed by atoms with Gasteiger partial charge in [-0.3, -0.25) is 9.59 Å². The average molecular weight is 645 g/mol. The van der Waals surface area contributed by atoms with E-state index in [9.17, 15) is 9.59 Å². The molecule has 0 amide bonds. The number of aromatic nitrogens is 2. The molecule has 0 aliphatic heterocycles. The van der Waals surface area contributed by atoms with Gasteiger partial charge in [0, 0.05) is 45.8 Å². The Hall–Kier alpha value is -6.52. The van der Waals surface area contributed by atoms with Crippen molar-refractivity contribution in [3.63, 3.8) is 0 Å². The van der Waals surface area contributed by atoms with Gasteiger partial charge in [0.05, 0.1) is 22.1 Å². The van der Waals surface area contributed by atoms with E-state index in [1.807, 2.05) is 109 Å². The third kappa shape index (κ3) is 4.92. The van der Waals surface area contributed by atoms with Gasteiger partial charge in [0.1, 0.15) is 0 Å². The molecule has 2 aromatic heterocycles. The highest BCUT2D eigenvalue weighted by Gasteiger charge is 2.21. The van der Waals surface area contributed by atoms with Crippen molar-refractivity contribution in [1.82, 2.24) is 9.13 Å². The summed E-state index contributed by atoms with van der Waals surface area (Å²) in [5.41, 5.74) is 9.33. The molecule has 9 rings (SSSR count). The number of para-hydroxylation sites is 2. The van der Waals surface area contributed by atoms with E-state index in [2.05, 4.69) is 69.8 Å². The molecule has 0 unspecified atom stereocenters. The predicted molar refractivity (Wildman–Crippen MR) is 207 cm³/mol. The first-order valence-electron chi connectivity index (χ1n) is 16.9. The molecule has 9 aromatic rings. The maximum atomic E-state index is 14.7. The van der Waals surface area contributed by atoms with Crippen LogP contribution >= 0.6 is 0 Å². The van der Waals surface area contributed by atoms with E-state index in [4.69, 9.17) is 0 Å². The Balaban J connectivity index is 1.45. The van der Waals surface area contributed by atoms with Gasteiger partial charge in [0.2, 0.25) is 0 Å². The van der Waals surface area contributed by atoms with Crippen molar-refractivity contribution < 1.29 is 0 Å². The molecule has 2 heterocycles. The zero-order valence-corrected chi connectivity index (χ0v) is 27.3. The van der Waals surface area contributed by atoms with Crippen LogP contribution < -0.4 is 10.9 Å². The Morgan fingerprint density at radius 2 is 0.720 bits per heavy atom. The maximum absolute atomic E-state index is 14.7. The predicted octanol–water partition coefficient (Wildman–Crippen LogP) is 10.1. The number of benzene rings is 7. The average Bonchev–Trinajstić information content (AvgIpc) is 3.18. The first kappa shape index (κ1) is 29.6. The third-order valence-electron chi connectivity index (χ3n) is 9.82. The number of hydrogen-bond acceptors (Lipinski definition) is 2. The summed E-state index contributed by atoms with van der Waals surface area (Å²) in [5.74, 6) is 0. The van der Waals surface area contributed by atoms with E-state index in [-0.39, 0.29) is 10.9 Å². The molecule has 0 radical (unpaired) electrons. The Morgan fingerprint density at radius 1 is 0.360 bits per heavy atom. The molecule has 0 atom stereocenters. The molecule has 0 aliphatic rings. The first-order valence-corrected chi connectivity index (χ1v) is 16.9. The number of fused-ring (bicyclic) bond motifs is 4. The van der Waals surface area contributed by atoms with Gasteiger partial charge < -0.3 is 9.13 Å². The normalized spacial score (nSPS) is 11.5. The van der Waals surface area contributed by atoms with E-state index >= 15 is 0 Å². The van der Waals surface area contributed by atoms with Crippen LogP contribution in [0.1, 0.15) is 11.1 Å². The zero-order chi connectivity index (χ0) is 33.6. The van der Waals surface area contributed by atoms with Gasteiger partial charge in [-0.25, -0.2) is 0 Å². The second kappa shape index (κ2) is 12.2. The van der Waals surface area contributed by atoms with Crippen LogP contribution in [-0.2, 0) is 13.1 Å². The van der Waals surface area contributed by atoms with E-state index in [0.29, 0.717) is 34.6 Å². The zero-order valence-electron chi connectivity index (χ0n) is 27.3. The summed E-state index contributed by atoms with van der Waals surface area (Å²) >= 11 is 0. The Kier molecular flexibility index (Phi) is 7.21. The number of rotatable bonds is 6. The van der Waals surface area contributed by atoms with Crippen LogP contribution in [0.5, 0.6) is 0 Å². The van der Waals surface area contributed by atoms with Crippen molar-refractivity contribution in [3.05, 3.63) is 201 Å². The van der Waals surface area contributed by atoms with Gasteiger partial charge in [0.15, 0.2) is 10.9 Å². The van der Waals surface area contributed by atoms with Gasteiger partial charge >= 0.3 is 0 Å². The summed E-state index contributed by atoms with van der Waals surface area (Å²) in [6, 6.07) is 56.9. The van der Waals surface area contributed by atoms with Crippen LogP contribution in [0.4, 0.5) is 0 Å². The Morgan fingerprint density at radius 3 is 1.10 bits per heavy atom. The van der Waals surface area contributed by atoms with Crippen molar-refractivity contribution in [2.24, 2.45) is 0 Å².